The Morgan fingerprint density at radius 1 is 1.07 bits per heavy atom. The molecule has 0 aliphatic carbocycles. The third-order valence-electron chi connectivity index (χ3n) is 6.54. The summed E-state index contributed by atoms with van der Waals surface area (Å²) >= 11 is 0. The number of aromatic nitrogens is 2. The summed E-state index contributed by atoms with van der Waals surface area (Å²) in [6.45, 7) is 6.02. The summed E-state index contributed by atoms with van der Waals surface area (Å²) in [6, 6.07) is 2.21. The lowest BCUT2D eigenvalue weighted by Crippen LogP contribution is -2.58. The van der Waals surface area contributed by atoms with Gasteiger partial charge < -0.3 is 30.1 Å². The van der Waals surface area contributed by atoms with E-state index in [9.17, 15) is 10.2 Å². The first-order valence-electron chi connectivity index (χ1n) is 10.8. The van der Waals surface area contributed by atoms with Crippen LogP contribution < -0.4 is 10.2 Å². The molecule has 0 spiro atoms. The number of aliphatic hydroxyl groups is 2. The number of rotatable bonds is 6. The van der Waals surface area contributed by atoms with E-state index < -0.39 is 12.2 Å². The van der Waals surface area contributed by atoms with Crippen molar-refractivity contribution in [3.8, 4) is 0 Å². The van der Waals surface area contributed by atoms with Crippen LogP contribution in [0.15, 0.2) is 18.5 Å². The van der Waals surface area contributed by atoms with E-state index in [-0.39, 0.29) is 18.8 Å². The van der Waals surface area contributed by atoms with Gasteiger partial charge in [0.15, 0.2) is 0 Å². The second kappa shape index (κ2) is 9.63. The highest BCUT2D eigenvalue weighted by Crippen LogP contribution is 2.27. The summed E-state index contributed by atoms with van der Waals surface area (Å²) in [5, 5.41) is 24.1. The molecule has 29 heavy (non-hydrogen) atoms. The first-order chi connectivity index (χ1) is 14.2. The zero-order valence-electron chi connectivity index (χ0n) is 17.2. The van der Waals surface area contributed by atoms with Gasteiger partial charge in [-0.25, -0.2) is 9.97 Å². The van der Waals surface area contributed by atoms with E-state index >= 15 is 0 Å². The third kappa shape index (κ3) is 4.87. The summed E-state index contributed by atoms with van der Waals surface area (Å²) in [6.07, 6.45) is 4.48. The molecule has 162 valence electrons. The number of likely N-dealkylation sites (tertiary alicyclic amines) is 1. The summed E-state index contributed by atoms with van der Waals surface area (Å²) in [7, 11) is 2.16. The van der Waals surface area contributed by atoms with Gasteiger partial charge in [-0.1, -0.05) is 0 Å². The number of hydrogen-bond acceptors (Lipinski definition) is 9. The summed E-state index contributed by atoms with van der Waals surface area (Å²) in [5.74, 6) is 0.754. The topological polar surface area (TPSA) is 97.2 Å². The van der Waals surface area contributed by atoms with Crippen molar-refractivity contribution in [2.45, 2.75) is 43.2 Å². The van der Waals surface area contributed by atoms with Crippen molar-refractivity contribution in [1.82, 2.24) is 25.1 Å². The molecule has 0 radical (unpaired) electrons. The number of aliphatic hydroxyl groups excluding tert-OH is 2. The molecule has 0 aromatic carbocycles. The molecule has 3 aliphatic rings. The van der Waals surface area contributed by atoms with Crippen molar-refractivity contribution in [2.75, 3.05) is 64.4 Å². The van der Waals surface area contributed by atoms with Gasteiger partial charge in [-0.2, -0.15) is 0 Å². The molecule has 0 amide bonds. The number of hydrogen-bond donors (Lipinski definition) is 3. The van der Waals surface area contributed by atoms with Crippen LogP contribution in [0.1, 0.15) is 12.8 Å². The lowest BCUT2D eigenvalue weighted by molar-refractivity contribution is -0.0222. The van der Waals surface area contributed by atoms with Crippen molar-refractivity contribution in [2.24, 2.45) is 0 Å². The Morgan fingerprint density at radius 2 is 1.76 bits per heavy atom. The normalized spacial score (nSPS) is 32.7. The maximum absolute atomic E-state index is 10.8. The van der Waals surface area contributed by atoms with Gasteiger partial charge in [-0.15, -0.1) is 0 Å². The van der Waals surface area contributed by atoms with Crippen LogP contribution in [0.2, 0.25) is 0 Å². The van der Waals surface area contributed by atoms with Gasteiger partial charge in [0.2, 0.25) is 5.95 Å². The average molecular weight is 407 g/mol. The monoisotopic (exact) mass is 406 g/mol. The summed E-state index contributed by atoms with van der Waals surface area (Å²) in [4.78, 5) is 15.5. The second-order valence-electron chi connectivity index (χ2n) is 8.43. The molecule has 3 aliphatic heterocycles. The van der Waals surface area contributed by atoms with E-state index in [1.54, 1.807) is 12.4 Å². The van der Waals surface area contributed by atoms with E-state index in [0.29, 0.717) is 12.6 Å². The Labute approximate surface area is 172 Å². The molecule has 1 aromatic heterocycles. The smallest absolute Gasteiger partial charge is 0.225 e. The lowest BCUT2D eigenvalue weighted by atomic mass is 10.0. The van der Waals surface area contributed by atoms with Crippen LogP contribution in [0, 0.1) is 0 Å². The SMILES string of the molecule is CN1CCC(NC[C@H]2O[C@@H](CO)[C@@H](O)[C@H]2N2CCN(c3ncccn3)CC2)CC1. The maximum atomic E-state index is 10.8. The fourth-order valence-electron chi connectivity index (χ4n) is 4.77. The van der Waals surface area contributed by atoms with Crippen molar-refractivity contribution in [1.29, 1.82) is 0 Å². The van der Waals surface area contributed by atoms with E-state index in [1.807, 2.05) is 6.07 Å². The van der Waals surface area contributed by atoms with Crippen LogP contribution >= 0.6 is 0 Å². The largest absolute Gasteiger partial charge is 0.394 e. The van der Waals surface area contributed by atoms with E-state index in [1.165, 1.54) is 0 Å². The summed E-state index contributed by atoms with van der Waals surface area (Å²) < 4.78 is 6.06. The highest BCUT2D eigenvalue weighted by atomic mass is 16.5. The minimum Gasteiger partial charge on any atom is -0.394 e. The highest BCUT2D eigenvalue weighted by molar-refractivity contribution is 5.29. The highest BCUT2D eigenvalue weighted by Gasteiger charge is 2.46. The third-order valence-corrected chi connectivity index (χ3v) is 6.54. The standard InChI is InChI=1S/C20H34N6O3/c1-24-7-3-15(4-8-24)23-13-16-18(19(28)17(14-27)29-16)25-9-11-26(12-10-25)20-21-5-2-6-22-20/h2,5-6,15-19,23,27-28H,3-4,7-14H2,1H3/t16-,17+,18+,19-/m1/s1. The van der Waals surface area contributed by atoms with Crippen LogP contribution in [0.5, 0.6) is 0 Å². The fraction of sp³-hybridized carbons (Fsp3) is 0.800. The predicted octanol–water partition coefficient (Wildman–Crippen LogP) is -1.23. The maximum Gasteiger partial charge on any atom is 0.225 e. The first kappa shape index (κ1) is 20.9. The quantitative estimate of drug-likeness (QED) is 0.537. The Balaban J connectivity index is 1.34. The zero-order valence-corrected chi connectivity index (χ0v) is 17.2. The fourth-order valence-corrected chi connectivity index (χ4v) is 4.77. The zero-order chi connectivity index (χ0) is 20.2. The molecular weight excluding hydrogens is 372 g/mol. The van der Waals surface area contributed by atoms with Crippen LogP contribution in [0.3, 0.4) is 0 Å². The molecule has 1 aromatic rings. The Kier molecular flexibility index (Phi) is 6.94. The van der Waals surface area contributed by atoms with Crippen molar-refractivity contribution < 1.29 is 14.9 Å². The van der Waals surface area contributed by atoms with E-state index in [0.717, 1.165) is 58.1 Å². The number of piperidine rings is 1. The molecule has 3 N–H and O–H groups in total. The van der Waals surface area contributed by atoms with Crippen LogP contribution in [-0.4, -0.2) is 120 Å². The van der Waals surface area contributed by atoms with Crippen molar-refractivity contribution >= 4 is 5.95 Å². The molecule has 3 saturated heterocycles. The number of anilines is 1. The number of nitrogens with zero attached hydrogens (tertiary/aromatic N) is 5. The van der Waals surface area contributed by atoms with Crippen LogP contribution in [0.4, 0.5) is 5.95 Å². The molecule has 0 bridgehead atoms. The minimum absolute atomic E-state index is 0.107. The molecule has 3 fully saturated rings. The second-order valence-corrected chi connectivity index (χ2v) is 8.43. The molecule has 0 unspecified atom stereocenters. The van der Waals surface area contributed by atoms with Gasteiger partial charge in [0.05, 0.1) is 18.8 Å². The van der Waals surface area contributed by atoms with Gasteiger partial charge in [-0.3, -0.25) is 4.90 Å². The van der Waals surface area contributed by atoms with Crippen LogP contribution in [-0.2, 0) is 4.74 Å². The predicted molar refractivity (Wildman–Crippen MR) is 110 cm³/mol. The van der Waals surface area contributed by atoms with Crippen molar-refractivity contribution in [3.63, 3.8) is 0 Å². The molecule has 4 atom stereocenters. The van der Waals surface area contributed by atoms with E-state index in [4.69, 9.17) is 4.74 Å². The molecular formula is C20H34N6O3. The number of ether oxygens (including phenoxy) is 1. The van der Waals surface area contributed by atoms with Crippen molar-refractivity contribution in [3.05, 3.63) is 18.5 Å². The van der Waals surface area contributed by atoms with Gasteiger partial charge in [0.25, 0.3) is 0 Å². The molecule has 0 saturated carbocycles. The number of piperazine rings is 1. The Morgan fingerprint density at radius 3 is 2.41 bits per heavy atom. The molecule has 9 heteroatoms. The summed E-state index contributed by atoms with van der Waals surface area (Å²) in [5.41, 5.74) is 0. The average Bonchev–Trinajstić information content (AvgIpc) is 3.09. The lowest BCUT2D eigenvalue weighted by Gasteiger charge is -2.40. The van der Waals surface area contributed by atoms with Gasteiger partial charge in [0.1, 0.15) is 12.2 Å². The molecule has 9 nitrogen and oxygen atoms in total. The van der Waals surface area contributed by atoms with Gasteiger partial charge in [-0.05, 0) is 39.0 Å². The van der Waals surface area contributed by atoms with Crippen LogP contribution in [0.25, 0.3) is 0 Å². The van der Waals surface area contributed by atoms with Gasteiger partial charge >= 0.3 is 0 Å². The first-order valence-corrected chi connectivity index (χ1v) is 10.8. The molecule has 4 heterocycles. The molecule has 4 rings (SSSR count). The van der Waals surface area contributed by atoms with E-state index in [2.05, 4.69) is 37.0 Å². The van der Waals surface area contributed by atoms with Gasteiger partial charge in [0, 0.05) is 51.2 Å². The Bertz CT molecular complexity index is 622. The Hall–Kier alpha value is -1.36. The number of nitrogens with one attached hydrogen (secondary N) is 1. The minimum atomic E-state index is -0.677.